The lowest BCUT2D eigenvalue weighted by atomic mass is 9.83. The third kappa shape index (κ3) is 4.13. The number of aromatic nitrogens is 1. The number of rotatable bonds is 3. The van der Waals surface area contributed by atoms with Crippen molar-refractivity contribution in [3.63, 3.8) is 0 Å². The number of H-pyrrole nitrogens is 1. The molecule has 2 heterocycles. The average Bonchev–Trinajstić information content (AvgIpc) is 2.99. The molecule has 1 aromatic heterocycles. The van der Waals surface area contributed by atoms with Crippen LogP contribution in [0.15, 0.2) is 41.2 Å². The van der Waals surface area contributed by atoms with Gasteiger partial charge in [-0.15, -0.1) is 0 Å². The number of aromatic amines is 1. The van der Waals surface area contributed by atoms with E-state index in [-0.39, 0.29) is 17.4 Å². The zero-order valence-corrected chi connectivity index (χ0v) is 16.0. The SMILES string of the molecule is CC(C)(C)c1ccc(C(c2ccc(C(F)(F)F)c(=O)[nH]2)[C@H]2CCC(=O)N2)cc1. The van der Waals surface area contributed by atoms with Crippen molar-refractivity contribution in [3.8, 4) is 0 Å². The van der Waals surface area contributed by atoms with Crippen molar-refractivity contribution in [1.29, 1.82) is 0 Å². The van der Waals surface area contributed by atoms with E-state index in [2.05, 4.69) is 31.1 Å². The third-order valence-electron chi connectivity index (χ3n) is 5.14. The lowest BCUT2D eigenvalue weighted by Gasteiger charge is -2.26. The highest BCUT2D eigenvalue weighted by atomic mass is 19.4. The molecule has 3 rings (SSSR count). The van der Waals surface area contributed by atoms with Crippen LogP contribution in [-0.4, -0.2) is 16.9 Å². The van der Waals surface area contributed by atoms with Gasteiger partial charge in [-0.25, -0.2) is 0 Å². The number of carbonyl (C=O) groups is 1. The lowest BCUT2D eigenvalue weighted by molar-refractivity contribution is -0.138. The summed E-state index contributed by atoms with van der Waals surface area (Å²) in [5, 5.41) is 2.88. The molecule has 28 heavy (non-hydrogen) atoms. The van der Waals surface area contributed by atoms with E-state index in [4.69, 9.17) is 0 Å². The number of pyridine rings is 1. The Balaban J connectivity index is 2.05. The number of benzene rings is 1. The Bertz CT molecular complexity index is 924. The van der Waals surface area contributed by atoms with Gasteiger partial charge >= 0.3 is 6.18 Å². The Morgan fingerprint density at radius 3 is 2.11 bits per heavy atom. The van der Waals surface area contributed by atoms with Crippen molar-refractivity contribution in [3.05, 3.63) is 69.1 Å². The molecule has 2 N–H and O–H groups in total. The first-order valence-corrected chi connectivity index (χ1v) is 9.17. The molecule has 2 atom stereocenters. The molecule has 0 spiro atoms. The number of carbonyl (C=O) groups excluding carboxylic acids is 1. The van der Waals surface area contributed by atoms with E-state index in [1.54, 1.807) is 0 Å². The minimum Gasteiger partial charge on any atom is -0.352 e. The van der Waals surface area contributed by atoms with Gasteiger partial charge in [0, 0.05) is 24.1 Å². The molecule has 2 aromatic rings. The molecule has 1 aromatic carbocycles. The van der Waals surface area contributed by atoms with Crippen molar-refractivity contribution in [1.82, 2.24) is 10.3 Å². The Labute approximate surface area is 161 Å². The maximum absolute atomic E-state index is 12.9. The molecule has 0 aliphatic carbocycles. The van der Waals surface area contributed by atoms with Gasteiger partial charge < -0.3 is 10.3 Å². The molecular weight excluding hydrogens is 369 g/mol. The molecule has 7 heteroatoms. The zero-order chi connectivity index (χ0) is 20.7. The van der Waals surface area contributed by atoms with Crippen LogP contribution in [0.2, 0.25) is 0 Å². The summed E-state index contributed by atoms with van der Waals surface area (Å²) < 4.78 is 38.8. The maximum atomic E-state index is 12.9. The van der Waals surface area contributed by atoms with Crippen LogP contribution in [0, 0.1) is 0 Å². The van der Waals surface area contributed by atoms with Gasteiger partial charge in [0.1, 0.15) is 5.56 Å². The van der Waals surface area contributed by atoms with E-state index in [0.29, 0.717) is 18.5 Å². The quantitative estimate of drug-likeness (QED) is 0.826. The van der Waals surface area contributed by atoms with Crippen LogP contribution in [-0.2, 0) is 16.4 Å². The average molecular weight is 392 g/mol. The maximum Gasteiger partial charge on any atom is 0.421 e. The van der Waals surface area contributed by atoms with Crippen molar-refractivity contribution < 1.29 is 18.0 Å². The summed E-state index contributed by atoms with van der Waals surface area (Å²) >= 11 is 0. The van der Waals surface area contributed by atoms with Gasteiger partial charge in [0.2, 0.25) is 5.91 Å². The molecule has 0 radical (unpaired) electrons. The molecule has 4 nitrogen and oxygen atoms in total. The largest absolute Gasteiger partial charge is 0.421 e. The molecule has 1 fully saturated rings. The van der Waals surface area contributed by atoms with Crippen molar-refractivity contribution in [2.24, 2.45) is 0 Å². The fourth-order valence-electron chi connectivity index (χ4n) is 3.60. The number of nitrogens with one attached hydrogen (secondary N) is 2. The smallest absolute Gasteiger partial charge is 0.352 e. The Hall–Kier alpha value is -2.57. The first-order chi connectivity index (χ1) is 13.0. The minimum atomic E-state index is -4.71. The number of amides is 1. The fourth-order valence-corrected chi connectivity index (χ4v) is 3.60. The van der Waals surface area contributed by atoms with Crippen LogP contribution in [0.3, 0.4) is 0 Å². The summed E-state index contributed by atoms with van der Waals surface area (Å²) in [6.07, 6.45) is -3.81. The van der Waals surface area contributed by atoms with Crippen molar-refractivity contribution in [2.45, 2.75) is 57.2 Å². The Morgan fingerprint density at radius 2 is 1.64 bits per heavy atom. The molecule has 1 aliphatic heterocycles. The molecule has 1 unspecified atom stereocenters. The second-order valence-corrected chi connectivity index (χ2v) is 8.22. The van der Waals surface area contributed by atoms with Crippen LogP contribution < -0.4 is 10.9 Å². The van der Waals surface area contributed by atoms with Crippen LogP contribution in [0.4, 0.5) is 13.2 Å². The highest BCUT2D eigenvalue weighted by Gasteiger charge is 2.36. The summed E-state index contributed by atoms with van der Waals surface area (Å²) in [7, 11) is 0. The van der Waals surface area contributed by atoms with Gasteiger partial charge in [-0.1, -0.05) is 45.0 Å². The van der Waals surface area contributed by atoms with E-state index < -0.39 is 23.2 Å². The predicted molar refractivity (Wildman–Crippen MR) is 100 cm³/mol. The van der Waals surface area contributed by atoms with E-state index in [9.17, 15) is 22.8 Å². The summed E-state index contributed by atoms with van der Waals surface area (Å²) in [5.41, 5.74) is -0.145. The number of hydrogen-bond donors (Lipinski definition) is 2. The summed E-state index contributed by atoms with van der Waals surface area (Å²) in [6.45, 7) is 6.26. The van der Waals surface area contributed by atoms with E-state index in [1.807, 2.05) is 24.3 Å². The Kier molecular flexibility index (Phi) is 5.12. The summed E-state index contributed by atoms with van der Waals surface area (Å²) in [5.74, 6) is -0.536. The first kappa shape index (κ1) is 20.2. The van der Waals surface area contributed by atoms with E-state index in [1.165, 1.54) is 6.07 Å². The fraction of sp³-hybridized carbons (Fsp3) is 0.429. The molecule has 150 valence electrons. The molecule has 0 saturated carbocycles. The van der Waals surface area contributed by atoms with Gasteiger partial charge in [0.25, 0.3) is 5.56 Å². The highest BCUT2D eigenvalue weighted by molar-refractivity contribution is 5.78. The van der Waals surface area contributed by atoms with Gasteiger partial charge in [0.15, 0.2) is 0 Å². The van der Waals surface area contributed by atoms with Crippen LogP contribution in [0.25, 0.3) is 0 Å². The second-order valence-electron chi connectivity index (χ2n) is 8.22. The van der Waals surface area contributed by atoms with E-state index >= 15 is 0 Å². The zero-order valence-electron chi connectivity index (χ0n) is 16.0. The first-order valence-electron chi connectivity index (χ1n) is 9.17. The Morgan fingerprint density at radius 1 is 1.00 bits per heavy atom. The number of alkyl halides is 3. The van der Waals surface area contributed by atoms with Gasteiger partial charge in [-0.2, -0.15) is 13.2 Å². The summed E-state index contributed by atoms with van der Waals surface area (Å²) in [6, 6.07) is 9.57. The normalized spacial score (nSPS) is 18.8. The van der Waals surface area contributed by atoms with Crippen LogP contribution in [0.5, 0.6) is 0 Å². The number of halogens is 3. The van der Waals surface area contributed by atoms with Gasteiger partial charge in [0.05, 0.1) is 0 Å². The third-order valence-corrected chi connectivity index (χ3v) is 5.14. The van der Waals surface area contributed by atoms with Crippen LogP contribution >= 0.6 is 0 Å². The van der Waals surface area contributed by atoms with Crippen molar-refractivity contribution >= 4 is 5.91 Å². The predicted octanol–water partition coefficient (Wildman–Crippen LogP) is 4.10. The lowest BCUT2D eigenvalue weighted by Crippen LogP contribution is -2.34. The molecule has 0 bridgehead atoms. The number of hydrogen-bond acceptors (Lipinski definition) is 2. The van der Waals surface area contributed by atoms with E-state index in [0.717, 1.165) is 17.2 Å². The standard InChI is InChI=1S/C21H23F3N2O2/c1-20(2,3)13-6-4-12(5-7-13)18(15-10-11-17(27)25-15)16-9-8-14(19(28)26-16)21(22,23)24/h4-9,15,18H,10-11H2,1-3H3,(H,25,27)(H,26,28)/t15-,18?/m1/s1. The van der Waals surface area contributed by atoms with Gasteiger partial charge in [-0.3, -0.25) is 9.59 Å². The highest BCUT2D eigenvalue weighted by Crippen LogP contribution is 2.34. The molecule has 1 amide bonds. The minimum absolute atomic E-state index is 0.0434. The second kappa shape index (κ2) is 7.11. The monoisotopic (exact) mass is 392 g/mol. The summed E-state index contributed by atoms with van der Waals surface area (Å²) in [4.78, 5) is 26.1. The topological polar surface area (TPSA) is 62.0 Å². The molecule has 1 aliphatic rings. The van der Waals surface area contributed by atoms with Crippen molar-refractivity contribution in [2.75, 3.05) is 0 Å². The van der Waals surface area contributed by atoms with Crippen LogP contribution in [0.1, 0.15) is 61.9 Å². The molecule has 1 saturated heterocycles. The van der Waals surface area contributed by atoms with Gasteiger partial charge in [-0.05, 0) is 35.1 Å². The molecular formula is C21H23F3N2O2.